The number of fused-ring (bicyclic) bond motifs is 5. The lowest BCUT2D eigenvalue weighted by Crippen LogP contribution is -2.11. The molecule has 0 saturated heterocycles. The Kier molecular flexibility index (Phi) is 4.33. The molecule has 0 bridgehead atoms. The van der Waals surface area contributed by atoms with Crippen LogP contribution >= 0.6 is 11.8 Å². The molecule has 1 aromatic heterocycles. The van der Waals surface area contributed by atoms with E-state index in [0.29, 0.717) is 0 Å². The number of benzene rings is 3. The van der Waals surface area contributed by atoms with Gasteiger partial charge in [-0.15, -0.1) is 0 Å². The van der Waals surface area contributed by atoms with E-state index < -0.39 is 0 Å². The van der Waals surface area contributed by atoms with Gasteiger partial charge in [0.25, 0.3) is 0 Å². The van der Waals surface area contributed by atoms with Gasteiger partial charge in [-0.3, -0.25) is 4.98 Å². The predicted molar refractivity (Wildman–Crippen MR) is 123 cm³/mol. The first-order chi connectivity index (χ1) is 14.0. The number of hydrogen-bond acceptors (Lipinski definition) is 2. The molecule has 2 heteroatoms. The van der Waals surface area contributed by atoms with Crippen molar-refractivity contribution in [3.05, 3.63) is 90.6 Å². The van der Waals surface area contributed by atoms with Crippen LogP contribution < -0.4 is 0 Å². The van der Waals surface area contributed by atoms with E-state index in [1.807, 2.05) is 18.0 Å². The fraction of sp³-hybridized carbons (Fsp3) is 0.148. The predicted octanol–water partition coefficient (Wildman–Crippen LogP) is 7.84. The van der Waals surface area contributed by atoms with Crippen LogP contribution in [0, 0.1) is 0 Å². The van der Waals surface area contributed by atoms with Gasteiger partial charge in [-0.1, -0.05) is 93.2 Å². The van der Waals surface area contributed by atoms with Crippen LogP contribution in [0.4, 0.5) is 0 Å². The highest BCUT2D eigenvalue weighted by Crippen LogP contribution is 2.50. The van der Waals surface area contributed by atoms with Crippen LogP contribution in [-0.4, -0.2) is 4.98 Å². The maximum absolute atomic E-state index is 4.76. The lowest BCUT2D eigenvalue weighted by atomic mass is 9.86. The topological polar surface area (TPSA) is 12.9 Å². The molecule has 3 aromatic carbocycles. The molecule has 1 aliphatic heterocycles. The van der Waals surface area contributed by atoms with Crippen molar-refractivity contribution in [1.29, 1.82) is 0 Å². The molecule has 0 radical (unpaired) electrons. The van der Waals surface area contributed by atoms with Crippen molar-refractivity contribution in [2.45, 2.75) is 36.0 Å². The van der Waals surface area contributed by atoms with Crippen LogP contribution in [0.5, 0.6) is 0 Å². The Morgan fingerprint density at radius 1 is 0.655 bits per heavy atom. The Balaban J connectivity index is 1.78. The Bertz CT molecular complexity index is 1220. The third-order valence-electron chi connectivity index (χ3n) is 5.52. The maximum Gasteiger partial charge on any atom is 0.0716 e. The molecule has 0 aliphatic carbocycles. The van der Waals surface area contributed by atoms with Crippen molar-refractivity contribution in [3.8, 4) is 33.5 Å². The number of hydrogen-bond donors (Lipinski definition) is 0. The summed E-state index contributed by atoms with van der Waals surface area (Å²) < 4.78 is 0. The van der Waals surface area contributed by atoms with Gasteiger partial charge in [0.2, 0.25) is 0 Å². The van der Waals surface area contributed by atoms with Crippen LogP contribution in [0.2, 0.25) is 0 Å². The van der Waals surface area contributed by atoms with Gasteiger partial charge in [0.1, 0.15) is 0 Å². The zero-order valence-electron chi connectivity index (χ0n) is 16.9. The van der Waals surface area contributed by atoms with Gasteiger partial charge in [-0.25, -0.2) is 0 Å². The summed E-state index contributed by atoms with van der Waals surface area (Å²) in [6.07, 6.45) is 1.94. The normalized spacial score (nSPS) is 12.5. The maximum atomic E-state index is 4.76. The Labute approximate surface area is 176 Å². The first-order valence-electron chi connectivity index (χ1n) is 9.99. The summed E-state index contributed by atoms with van der Waals surface area (Å²) in [7, 11) is 0. The zero-order valence-corrected chi connectivity index (χ0v) is 17.8. The van der Waals surface area contributed by atoms with E-state index in [1.165, 1.54) is 43.2 Å². The Hall–Kier alpha value is -2.84. The van der Waals surface area contributed by atoms with E-state index >= 15 is 0 Å². The number of pyridine rings is 1. The molecule has 29 heavy (non-hydrogen) atoms. The molecule has 0 spiro atoms. The number of nitrogens with zero attached hydrogens (tertiary/aromatic N) is 1. The molecule has 5 rings (SSSR count). The van der Waals surface area contributed by atoms with Crippen molar-refractivity contribution in [1.82, 2.24) is 4.98 Å². The van der Waals surface area contributed by atoms with Crippen molar-refractivity contribution >= 4 is 11.8 Å². The van der Waals surface area contributed by atoms with E-state index in [-0.39, 0.29) is 5.41 Å². The van der Waals surface area contributed by atoms with E-state index in [0.717, 1.165) is 5.69 Å². The summed E-state index contributed by atoms with van der Waals surface area (Å²) in [5.41, 5.74) is 8.80. The van der Waals surface area contributed by atoms with Gasteiger partial charge in [-0.2, -0.15) is 0 Å². The standard InChI is InChI=1S/C27H23NS/c1-27(2,3)18-15-16-28-24(17-18)23-13-8-12-22-20-10-5-4-9-19(20)21-11-6-7-14-25(21)29-26(22)23/h4-17H,1-3H3. The smallest absolute Gasteiger partial charge is 0.0716 e. The van der Waals surface area contributed by atoms with Gasteiger partial charge in [0.15, 0.2) is 0 Å². The van der Waals surface area contributed by atoms with Gasteiger partial charge >= 0.3 is 0 Å². The summed E-state index contributed by atoms with van der Waals surface area (Å²) in [5.74, 6) is 0. The van der Waals surface area contributed by atoms with E-state index in [1.54, 1.807) is 0 Å². The quantitative estimate of drug-likeness (QED) is 0.288. The van der Waals surface area contributed by atoms with E-state index in [9.17, 15) is 0 Å². The average Bonchev–Trinajstić information content (AvgIpc) is 2.88. The summed E-state index contributed by atoms with van der Waals surface area (Å²) in [6.45, 7) is 6.75. The molecule has 4 aromatic rings. The average molecular weight is 394 g/mol. The lowest BCUT2D eigenvalue weighted by Gasteiger charge is -2.20. The van der Waals surface area contributed by atoms with Crippen molar-refractivity contribution in [2.75, 3.05) is 0 Å². The fourth-order valence-electron chi connectivity index (χ4n) is 3.95. The number of rotatable bonds is 1. The highest BCUT2D eigenvalue weighted by molar-refractivity contribution is 7.99. The van der Waals surface area contributed by atoms with Gasteiger partial charge in [0, 0.05) is 21.6 Å². The van der Waals surface area contributed by atoms with Gasteiger partial charge in [-0.05, 0) is 51.4 Å². The molecule has 0 atom stereocenters. The minimum absolute atomic E-state index is 0.0930. The first-order valence-corrected chi connectivity index (χ1v) is 10.8. The molecular formula is C27H23NS. The second kappa shape index (κ2) is 6.89. The van der Waals surface area contributed by atoms with E-state index in [2.05, 4.69) is 99.6 Å². The SMILES string of the molecule is CC(C)(C)c1ccnc(-c2cccc3c2Sc2ccccc2-c2ccccc2-3)c1. The van der Waals surface area contributed by atoms with Crippen LogP contribution in [0.15, 0.2) is 94.9 Å². The second-order valence-electron chi connectivity index (χ2n) is 8.51. The summed E-state index contributed by atoms with van der Waals surface area (Å²) >= 11 is 1.85. The van der Waals surface area contributed by atoms with Gasteiger partial charge < -0.3 is 0 Å². The highest BCUT2D eigenvalue weighted by Gasteiger charge is 2.23. The van der Waals surface area contributed by atoms with Crippen LogP contribution in [0.3, 0.4) is 0 Å². The first kappa shape index (κ1) is 18.2. The zero-order chi connectivity index (χ0) is 20.0. The molecule has 1 aliphatic rings. The minimum atomic E-state index is 0.0930. The van der Waals surface area contributed by atoms with Crippen molar-refractivity contribution in [3.63, 3.8) is 0 Å². The van der Waals surface area contributed by atoms with E-state index in [4.69, 9.17) is 4.98 Å². The molecule has 0 saturated carbocycles. The van der Waals surface area contributed by atoms with Gasteiger partial charge in [0.05, 0.1) is 5.69 Å². The molecular weight excluding hydrogens is 370 g/mol. The van der Waals surface area contributed by atoms with Crippen LogP contribution in [0.1, 0.15) is 26.3 Å². The Morgan fingerprint density at radius 3 is 2.03 bits per heavy atom. The third kappa shape index (κ3) is 3.18. The summed E-state index contributed by atoms with van der Waals surface area (Å²) in [4.78, 5) is 7.33. The molecule has 142 valence electrons. The molecule has 0 fully saturated rings. The fourth-order valence-corrected chi connectivity index (χ4v) is 5.17. The van der Waals surface area contributed by atoms with Crippen molar-refractivity contribution in [2.24, 2.45) is 0 Å². The van der Waals surface area contributed by atoms with Crippen LogP contribution in [0.25, 0.3) is 33.5 Å². The largest absolute Gasteiger partial charge is 0.256 e. The monoisotopic (exact) mass is 393 g/mol. The molecule has 2 heterocycles. The molecule has 0 N–H and O–H groups in total. The second-order valence-corrected chi connectivity index (χ2v) is 9.56. The minimum Gasteiger partial charge on any atom is -0.256 e. The highest BCUT2D eigenvalue weighted by atomic mass is 32.2. The van der Waals surface area contributed by atoms with Crippen molar-refractivity contribution < 1.29 is 0 Å². The molecule has 0 unspecified atom stereocenters. The molecule has 1 nitrogen and oxygen atoms in total. The third-order valence-corrected chi connectivity index (χ3v) is 6.74. The lowest BCUT2D eigenvalue weighted by molar-refractivity contribution is 0.589. The molecule has 0 amide bonds. The summed E-state index contributed by atoms with van der Waals surface area (Å²) in [5, 5.41) is 0. The van der Waals surface area contributed by atoms with Crippen LogP contribution in [-0.2, 0) is 5.41 Å². The number of aromatic nitrogens is 1. The Morgan fingerprint density at radius 2 is 1.28 bits per heavy atom. The summed E-state index contributed by atoms with van der Waals surface area (Å²) in [6, 6.07) is 28.4.